The number of rotatable bonds is 3. The van der Waals surface area contributed by atoms with Gasteiger partial charge in [0.25, 0.3) is 0 Å². The third-order valence-corrected chi connectivity index (χ3v) is 3.55. The average molecular weight is 260 g/mol. The number of hydrogen-bond donors (Lipinski definition) is 1. The van der Waals surface area contributed by atoms with Crippen LogP contribution in [0.25, 0.3) is 0 Å². The van der Waals surface area contributed by atoms with Crippen LogP contribution in [-0.2, 0) is 4.79 Å². The van der Waals surface area contributed by atoms with Crippen molar-refractivity contribution >= 4 is 5.91 Å². The first-order valence-corrected chi connectivity index (χ1v) is 7.23. The fourth-order valence-corrected chi connectivity index (χ4v) is 2.62. The van der Waals surface area contributed by atoms with Crippen molar-refractivity contribution < 1.29 is 4.79 Å². The van der Waals surface area contributed by atoms with E-state index in [4.69, 9.17) is 0 Å². The maximum absolute atomic E-state index is 12.4. The largest absolute Gasteiger partial charge is 0.334 e. The molecule has 1 fully saturated rings. The van der Waals surface area contributed by atoms with Crippen LogP contribution >= 0.6 is 0 Å². The Balaban J connectivity index is 2.18. The topological polar surface area (TPSA) is 32.3 Å². The van der Waals surface area contributed by atoms with Crippen LogP contribution in [0.2, 0.25) is 0 Å². The summed E-state index contributed by atoms with van der Waals surface area (Å²) in [6, 6.07) is 10.5. The summed E-state index contributed by atoms with van der Waals surface area (Å²) in [5.41, 5.74) is 1.23. The van der Waals surface area contributed by atoms with E-state index in [9.17, 15) is 4.79 Å². The standard InChI is InChI=1S/C16H24N2O/c1-13(2)11-16(19)18-10-6-9-17-12-15(18)14-7-4-3-5-8-14/h3-5,7-8,13,15,17H,6,9-12H2,1-2H3. The number of nitrogens with one attached hydrogen (secondary N) is 1. The highest BCUT2D eigenvalue weighted by Crippen LogP contribution is 2.23. The Morgan fingerprint density at radius 1 is 1.37 bits per heavy atom. The summed E-state index contributed by atoms with van der Waals surface area (Å²) in [5, 5.41) is 3.44. The number of carbonyl (C=O) groups excluding carboxylic acids is 1. The number of benzene rings is 1. The molecule has 1 N–H and O–H groups in total. The SMILES string of the molecule is CC(C)CC(=O)N1CCCNCC1c1ccccc1. The van der Waals surface area contributed by atoms with Gasteiger partial charge in [-0.15, -0.1) is 0 Å². The van der Waals surface area contributed by atoms with Crippen LogP contribution in [0.15, 0.2) is 30.3 Å². The highest BCUT2D eigenvalue weighted by atomic mass is 16.2. The van der Waals surface area contributed by atoms with Crippen molar-refractivity contribution in [2.24, 2.45) is 5.92 Å². The quantitative estimate of drug-likeness (QED) is 0.906. The molecule has 1 atom stereocenters. The van der Waals surface area contributed by atoms with Gasteiger partial charge in [0.2, 0.25) is 5.91 Å². The van der Waals surface area contributed by atoms with E-state index in [2.05, 4.69) is 36.2 Å². The van der Waals surface area contributed by atoms with Crippen LogP contribution in [0, 0.1) is 5.92 Å². The lowest BCUT2D eigenvalue weighted by Crippen LogP contribution is -2.38. The zero-order valence-corrected chi connectivity index (χ0v) is 11.9. The Kier molecular flexibility index (Phi) is 4.97. The molecule has 1 amide bonds. The molecule has 1 aliphatic heterocycles. The Morgan fingerprint density at radius 2 is 2.11 bits per heavy atom. The molecule has 104 valence electrons. The summed E-state index contributed by atoms with van der Waals surface area (Å²) in [4.78, 5) is 14.5. The van der Waals surface area contributed by atoms with Crippen LogP contribution in [0.1, 0.15) is 38.3 Å². The van der Waals surface area contributed by atoms with E-state index in [0.717, 1.165) is 26.1 Å². The van der Waals surface area contributed by atoms with Gasteiger partial charge in [-0.3, -0.25) is 4.79 Å². The van der Waals surface area contributed by atoms with Gasteiger partial charge in [-0.05, 0) is 24.4 Å². The van der Waals surface area contributed by atoms with Crippen LogP contribution in [0.5, 0.6) is 0 Å². The first-order valence-electron chi connectivity index (χ1n) is 7.23. The smallest absolute Gasteiger partial charge is 0.223 e. The molecule has 0 bridgehead atoms. The van der Waals surface area contributed by atoms with E-state index in [1.54, 1.807) is 0 Å². The summed E-state index contributed by atoms with van der Waals surface area (Å²) in [7, 11) is 0. The molecule has 3 nitrogen and oxygen atoms in total. The summed E-state index contributed by atoms with van der Waals surface area (Å²) in [5.74, 6) is 0.702. The van der Waals surface area contributed by atoms with Crippen molar-refractivity contribution in [3.8, 4) is 0 Å². The Labute approximate surface area is 116 Å². The number of hydrogen-bond acceptors (Lipinski definition) is 2. The molecule has 1 aliphatic rings. The number of amides is 1. The van der Waals surface area contributed by atoms with E-state index in [1.807, 2.05) is 18.2 Å². The lowest BCUT2D eigenvalue weighted by molar-refractivity contribution is -0.134. The molecule has 3 heteroatoms. The highest BCUT2D eigenvalue weighted by Gasteiger charge is 2.26. The number of nitrogens with zero attached hydrogens (tertiary/aromatic N) is 1. The fourth-order valence-electron chi connectivity index (χ4n) is 2.62. The van der Waals surface area contributed by atoms with Crippen molar-refractivity contribution in [2.75, 3.05) is 19.6 Å². The Hall–Kier alpha value is -1.35. The second kappa shape index (κ2) is 6.71. The first kappa shape index (κ1) is 14.1. The molecule has 1 unspecified atom stereocenters. The molecule has 1 aromatic rings. The predicted molar refractivity (Wildman–Crippen MR) is 77.8 cm³/mol. The van der Waals surface area contributed by atoms with Crippen LogP contribution in [0.3, 0.4) is 0 Å². The predicted octanol–water partition coefficient (Wildman–Crippen LogP) is 2.60. The molecule has 0 aliphatic carbocycles. The second-order valence-electron chi connectivity index (χ2n) is 5.67. The van der Waals surface area contributed by atoms with Gasteiger partial charge >= 0.3 is 0 Å². The van der Waals surface area contributed by atoms with Crippen molar-refractivity contribution in [3.63, 3.8) is 0 Å². The van der Waals surface area contributed by atoms with E-state index in [1.165, 1.54) is 5.56 Å². The molecule has 0 saturated carbocycles. The van der Waals surface area contributed by atoms with Gasteiger partial charge in [0.05, 0.1) is 6.04 Å². The molecule has 1 saturated heterocycles. The highest BCUT2D eigenvalue weighted by molar-refractivity contribution is 5.77. The van der Waals surface area contributed by atoms with Gasteiger partial charge in [-0.2, -0.15) is 0 Å². The minimum absolute atomic E-state index is 0.176. The average Bonchev–Trinajstić information content (AvgIpc) is 2.64. The maximum atomic E-state index is 12.4. The third-order valence-electron chi connectivity index (χ3n) is 3.55. The molecule has 0 spiro atoms. The third kappa shape index (κ3) is 3.80. The first-order chi connectivity index (χ1) is 9.18. The zero-order chi connectivity index (χ0) is 13.7. The number of carbonyl (C=O) groups is 1. The lowest BCUT2D eigenvalue weighted by Gasteiger charge is -2.31. The van der Waals surface area contributed by atoms with Crippen molar-refractivity contribution in [2.45, 2.75) is 32.7 Å². The van der Waals surface area contributed by atoms with Crippen LogP contribution in [0.4, 0.5) is 0 Å². The normalized spacial score (nSPS) is 20.4. The van der Waals surface area contributed by atoms with Gasteiger partial charge in [-0.25, -0.2) is 0 Å². The molecular formula is C16H24N2O. The summed E-state index contributed by atoms with van der Waals surface area (Å²) < 4.78 is 0. The Bertz CT molecular complexity index is 402. The maximum Gasteiger partial charge on any atom is 0.223 e. The molecule has 1 heterocycles. The molecule has 2 rings (SSSR count). The molecule has 0 aromatic heterocycles. The molecule has 19 heavy (non-hydrogen) atoms. The summed E-state index contributed by atoms with van der Waals surface area (Å²) in [6.07, 6.45) is 1.68. The fraction of sp³-hybridized carbons (Fsp3) is 0.562. The second-order valence-corrected chi connectivity index (χ2v) is 5.67. The van der Waals surface area contributed by atoms with Crippen LogP contribution in [-0.4, -0.2) is 30.4 Å². The lowest BCUT2D eigenvalue weighted by atomic mass is 10.0. The molecule has 0 radical (unpaired) electrons. The van der Waals surface area contributed by atoms with E-state index in [0.29, 0.717) is 12.3 Å². The monoisotopic (exact) mass is 260 g/mol. The molecular weight excluding hydrogens is 236 g/mol. The minimum atomic E-state index is 0.176. The van der Waals surface area contributed by atoms with Gasteiger partial charge in [-0.1, -0.05) is 44.2 Å². The zero-order valence-electron chi connectivity index (χ0n) is 11.9. The Morgan fingerprint density at radius 3 is 2.79 bits per heavy atom. The van der Waals surface area contributed by atoms with Crippen molar-refractivity contribution in [1.29, 1.82) is 0 Å². The van der Waals surface area contributed by atoms with Crippen LogP contribution < -0.4 is 5.32 Å². The van der Waals surface area contributed by atoms with Gasteiger partial charge in [0, 0.05) is 19.5 Å². The van der Waals surface area contributed by atoms with Gasteiger partial charge < -0.3 is 10.2 Å². The minimum Gasteiger partial charge on any atom is -0.334 e. The van der Waals surface area contributed by atoms with E-state index in [-0.39, 0.29) is 11.9 Å². The van der Waals surface area contributed by atoms with Crippen molar-refractivity contribution in [3.05, 3.63) is 35.9 Å². The summed E-state index contributed by atoms with van der Waals surface area (Å²) in [6.45, 7) is 6.91. The van der Waals surface area contributed by atoms with E-state index < -0.39 is 0 Å². The van der Waals surface area contributed by atoms with Gasteiger partial charge in [0.1, 0.15) is 0 Å². The molecule has 1 aromatic carbocycles. The van der Waals surface area contributed by atoms with Crippen molar-refractivity contribution in [1.82, 2.24) is 10.2 Å². The van der Waals surface area contributed by atoms with E-state index >= 15 is 0 Å². The summed E-state index contributed by atoms with van der Waals surface area (Å²) >= 11 is 0. The van der Waals surface area contributed by atoms with Gasteiger partial charge in [0.15, 0.2) is 0 Å².